The Kier molecular flexibility index (Phi) is 8.76. The second-order valence-corrected chi connectivity index (χ2v) is 11.5. The van der Waals surface area contributed by atoms with Gasteiger partial charge >= 0.3 is 6.03 Å². The molecule has 2 N–H and O–H groups in total. The molecule has 0 bridgehead atoms. The molecule has 2 aliphatic rings. The van der Waals surface area contributed by atoms with Gasteiger partial charge in [-0.15, -0.1) is 0 Å². The van der Waals surface area contributed by atoms with Gasteiger partial charge in [0.05, 0.1) is 18.6 Å². The fourth-order valence-electron chi connectivity index (χ4n) is 5.91. The van der Waals surface area contributed by atoms with Crippen LogP contribution >= 0.6 is 0 Å². The van der Waals surface area contributed by atoms with Crippen LogP contribution in [0.15, 0.2) is 60.8 Å². The van der Waals surface area contributed by atoms with Crippen LogP contribution in [-0.4, -0.2) is 95.8 Å². The van der Waals surface area contributed by atoms with Gasteiger partial charge in [-0.05, 0) is 88.5 Å². The van der Waals surface area contributed by atoms with Gasteiger partial charge < -0.3 is 34.6 Å². The monoisotopic (exact) mass is 596 g/mol. The van der Waals surface area contributed by atoms with Gasteiger partial charge in [0.1, 0.15) is 11.5 Å². The van der Waals surface area contributed by atoms with Crippen LogP contribution in [0.4, 0.5) is 22.0 Å². The average molecular weight is 597 g/mol. The van der Waals surface area contributed by atoms with Crippen molar-refractivity contribution in [2.45, 2.75) is 32.4 Å². The van der Waals surface area contributed by atoms with Crippen molar-refractivity contribution < 1.29 is 14.3 Å². The number of benzene rings is 2. The first-order valence-corrected chi connectivity index (χ1v) is 15.3. The molecule has 0 aliphatic carbocycles. The fraction of sp³-hybridized carbons (Fsp3) is 0.394. The summed E-state index contributed by atoms with van der Waals surface area (Å²) in [6.07, 6.45) is 4.01. The Labute approximate surface area is 257 Å². The third-order valence-electron chi connectivity index (χ3n) is 8.52. The Balaban J connectivity index is 1.09. The zero-order chi connectivity index (χ0) is 30.6. The van der Waals surface area contributed by atoms with Gasteiger partial charge in [0.2, 0.25) is 0 Å². The zero-order valence-electron chi connectivity index (χ0n) is 25.6. The maximum absolute atomic E-state index is 13.0. The van der Waals surface area contributed by atoms with Crippen LogP contribution in [0.3, 0.4) is 0 Å². The summed E-state index contributed by atoms with van der Waals surface area (Å²) in [5.41, 5.74) is 3.65. The molecule has 44 heavy (non-hydrogen) atoms. The molecule has 3 amide bonds. The number of hydrogen-bond donors (Lipinski definition) is 2. The Morgan fingerprint density at radius 1 is 0.886 bits per heavy atom. The van der Waals surface area contributed by atoms with Crippen LogP contribution in [0.5, 0.6) is 0 Å². The first kappa shape index (κ1) is 29.6. The molecule has 0 spiro atoms. The number of piperidine rings is 1. The van der Waals surface area contributed by atoms with Crippen LogP contribution in [0.1, 0.15) is 30.1 Å². The third-order valence-corrected chi connectivity index (χ3v) is 8.52. The summed E-state index contributed by atoms with van der Waals surface area (Å²) in [5, 5.41) is 6.77. The number of anilines is 3. The molecular weight excluding hydrogens is 556 g/mol. The number of amides is 3. The van der Waals surface area contributed by atoms with Gasteiger partial charge in [-0.3, -0.25) is 4.79 Å². The SMILES string of the molecule is CCn1ccc2c(N3CCOCC3)nc(-c3ccc(NC(=O)Nc4ccc(C(=O)N5CCC(N(C)C)CC5)cc4)cc3)nc21. The molecular formula is C33H40N8O3. The summed E-state index contributed by atoms with van der Waals surface area (Å²) >= 11 is 0. The van der Waals surface area contributed by atoms with E-state index < -0.39 is 0 Å². The lowest BCUT2D eigenvalue weighted by Gasteiger charge is -2.35. The number of aryl methyl sites for hydroxylation is 1. The quantitative estimate of drug-likeness (QED) is 0.317. The summed E-state index contributed by atoms with van der Waals surface area (Å²) < 4.78 is 7.68. The lowest BCUT2D eigenvalue weighted by Crippen LogP contribution is -2.44. The van der Waals surface area contributed by atoms with Crippen molar-refractivity contribution in [1.82, 2.24) is 24.3 Å². The minimum atomic E-state index is -0.365. The number of likely N-dealkylation sites (tertiary alicyclic amines) is 1. The molecule has 230 valence electrons. The molecule has 11 nitrogen and oxygen atoms in total. The minimum absolute atomic E-state index is 0.0291. The molecule has 0 radical (unpaired) electrons. The van der Waals surface area contributed by atoms with Crippen LogP contribution in [-0.2, 0) is 11.3 Å². The lowest BCUT2D eigenvalue weighted by molar-refractivity contribution is 0.0663. The van der Waals surface area contributed by atoms with E-state index in [2.05, 4.69) is 58.3 Å². The summed E-state index contributed by atoms with van der Waals surface area (Å²) in [6, 6.07) is 16.8. The number of morpholine rings is 1. The molecule has 2 saturated heterocycles. The molecule has 4 aromatic rings. The van der Waals surface area contributed by atoms with E-state index in [4.69, 9.17) is 14.7 Å². The van der Waals surface area contributed by atoms with E-state index in [1.165, 1.54) is 0 Å². The normalized spacial score (nSPS) is 16.0. The standard InChI is InChI=1S/C33H40N8O3/c1-4-39-18-15-28-30(39)36-29(37-31(28)40-19-21-44-22-20-40)23-5-9-25(10-6-23)34-33(43)35-26-11-7-24(8-12-26)32(42)41-16-13-27(14-17-41)38(2)3/h5-12,15,18,27H,4,13-14,16-17,19-22H2,1-3H3,(H2,34,35,43). The number of hydrogen-bond acceptors (Lipinski definition) is 7. The number of fused-ring (bicyclic) bond motifs is 1. The van der Waals surface area contributed by atoms with E-state index in [0.29, 0.717) is 42.0 Å². The molecule has 0 unspecified atom stereocenters. The highest BCUT2D eigenvalue weighted by molar-refractivity contribution is 6.00. The average Bonchev–Trinajstić information content (AvgIpc) is 3.48. The number of nitrogens with zero attached hydrogens (tertiary/aromatic N) is 6. The van der Waals surface area contributed by atoms with Crippen LogP contribution in [0, 0.1) is 0 Å². The van der Waals surface area contributed by atoms with Crippen LogP contribution in [0.25, 0.3) is 22.4 Å². The molecule has 2 aliphatic heterocycles. The number of nitrogens with one attached hydrogen (secondary N) is 2. The number of carbonyl (C=O) groups is 2. The largest absolute Gasteiger partial charge is 0.378 e. The maximum atomic E-state index is 13.0. The predicted octanol–water partition coefficient (Wildman–Crippen LogP) is 4.77. The van der Waals surface area contributed by atoms with E-state index >= 15 is 0 Å². The van der Waals surface area contributed by atoms with Crippen molar-refractivity contribution in [1.29, 1.82) is 0 Å². The van der Waals surface area contributed by atoms with Crippen molar-refractivity contribution >= 4 is 40.2 Å². The topological polar surface area (TPSA) is 108 Å². The summed E-state index contributed by atoms with van der Waals surface area (Å²) in [4.78, 5) is 42.0. The third kappa shape index (κ3) is 6.39. The van der Waals surface area contributed by atoms with Crippen molar-refractivity contribution in [3.63, 3.8) is 0 Å². The highest BCUT2D eigenvalue weighted by Gasteiger charge is 2.25. The number of rotatable bonds is 7. The lowest BCUT2D eigenvalue weighted by atomic mass is 10.0. The Bertz CT molecular complexity index is 1600. The number of aromatic nitrogens is 3. The van der Waals surface area contributed by atoms with Crippen LogP contribution in [0.2, 0.25) is 0 Å². The summed E-state index contributed by atoms with van der Waals surface area (Å²) in [7, 11) is 4.17. The second-order valence-electron chi connectivity index (χ2n) is 11.5. The van der Waals surface area contributed by atoms with Crippen LogP contribution < -0.4 is 15.5 Å². The van der Waals surface area contributed by atoms with Gasteiger partial charge in [-0.2, -0.15) is 0 Å². The second kappa shape index (κ2) is 13.0. The fourth-order valence-corrected chi connectivity index (χ4v) is 5.91. The molecule has 0 saturated carbocycles. The predicted molar refractivity (Wildman–Crippen MR) is 173 cm³/mol. The molecule has 6 rings (SSSR count). The van der Waals surface area contributed by atoms with E-state index in [0.717, 1.165) is 68.0 Å². The first-order chi connectivity index (χ1) is 21.4. The number of urea groups is 1. The molecule has 2 aromatic heterocycles. The molecule has 11 heteroatoms. The summed E-state index contributed by atoms with van der Waals surface area (Å²) in [5.74, 6) is 1.59. The van der Waals surface area contributed by atoms with Gasteiger partial charge in [-0.25, -0.2) is 14.8 Å². The highest BCUT2D eigenvalue weighted by Crippen LogP contribution is 2.30. The van der Waals surface area contributed by atoms with Gasteiger partial charge in [-0.1, -0.05) is 0 Å². The van der Waals surface area contributed by atoms with E-state index in [1.54, 1.807) is 24.3 Å². The molecule has 0 atom stereocenters. The summed E-state index contributed by atoms with van der Waals surface area (Å²) in [6.45, 7) is 7.36. The van der Waals surface area contributed by atoms with E-state index in [9.17, 15) is 9.59 Å². The molecule has 4 heterocycles. The van der Waals surface area contributed by atoms with E-state index in [1.807, 2.05) is 29.2 Å². The zero-order valence-corrected chi connectivity index (χ0v) is 25.6. The van der Waals surface area contributed by atoms with Gasteiger partial charge in [0, 0.05) is 67.5 Å². The first-order valence-electron chi connectivity index (χ1n) is 15.3. The smallest absolute Gasteiger partial charge is 0.323 e. The number of ether oxygens (including phenoxy) is 1. The minimum Gasteiger partial charge on any atom is -0.378 e. The molecule has 2 aromatic carbocycles. The van der Waals surface area contributed by atoms with Crippen molar-refractivity contribution in [3.05, 3.63) is 66.4 Å². The highest BCUT2D eigenvalue weighted by atomic mass is 16.5. The van der Waals surface area contributed by atoms with Crippen molar-refractivity contribution in [2.75, 3.05) is 69.0 Å². The number of carbonyl (C=O) groups excluding carboxylic acids is 2. The van der Waals surface area contributed by atoms with Gasteiger partial charge in [0.25, 0.3) is 5.91 Å². The van der Waals surface area contributed by atoms with Gasteiger partial charge in [0.15, 0.2) is 5.82 Å². The molecule has 2 fully saturated rings. The Morgan fingerprint density at radius 2 is 1.52 bits per heavy atom. The maximum Gasteiger partial charge on any atom is 0.323 e. The van der Waals surface area contributed by atoms with Crippen molar-refractivity contribution in [2.24, 2.45) is 0 Å². The Morgan fingerprint density at radius 3 is 2.14 bits per heavy atom. The Hall–Kier alpha value is -4.48. The van der Waals surface area contributed by atoms with Crippen molar-refractivity contribution in [3.8, 4) is 11.4 Å². The van der Waals surface area contributed by atoms with E-state index in [-0.39, 0.29) is 11.9 Å².